The molecule has 3 aromatic rings. The van der Waals surface area contributed by atoms with Crippen LogP contribution in [0.2, 0.25) is 0 Å². The Hall–Kier alpha value is -3.09. The lowest BCUT2D eigenvalue weighted by Gasteiger charge is -2.21. The Labute approximate surface area is 169 Å². The molecule has 7 heteroatoms. The molecule has 0 unspecified atom stereocenters. The van der Waals surface area contributed by atoms with Crippen LogP contribution in [0.15, 0.2) is 42.9 Å². The fourth-order valence-corrected chi connectivity index (χ4v) is 3.19. The number of anilines is 1. The van der Waals surface area contributed by atoms with Gasteiger partial charge < -0.3 is 10.1 Å². The predicted molar refractivity (Wildman–Crippen MR) is 108 cm³/mol. The lowest BCUT2D eigenvalue weighted by atomic mass is 9.98. The van der Waals surface area contributed by atoms with Gasteiger partial charge in [0.2, 0.25) is 0 Å². The quantitative estimate of drug-likeness (QED) is 0.570. The molecular weight excluding hydrogens is 374 g/mol. The van der Waals surface area contributed by atoms with Crippen LogP contribution in [0.1, 0.15) is 53.0 Å². The molecule has 2 aromatic heterocycles. The van der Waals surface area contributed by atoms with Gasteiger partial charge in [-0.05, 0) is 50.5 Å². The zero-order chi connectivity index (χ0) is 21.0. The smallest absolute Gasteiger partial charge is 0.264 e. The largest absolute Gasteiger partial charge is 0.483 e. The van der Waals surface area contributed by atoms with Crippen molar-refractivity contribution in [2.24, 2.45) is 0 Å². The molecule has 0 aliphatic rings. The Morgan fingerprint density at radius 1 is 1.07 bits per heavy atom. The molecule has 1 atom stereocenters. The van der Waals surface area contributed by atoms with E-state index in [1.807, 2.05) is 26.0 Å². The van der Waals surface area contributed by atoms with E-state index in [9.17, 15) is 8.78 Å². The summed E-state index contributed by atoms with van der Waals surface area (Å²) in [5.41, 5.74) is 3.38. The monoisotopic (exact) mass is 398 g/mol. The number of nitrogens with one attached hydrogen (secondary N) is 1. The van der Waals surface area contributed by atoms with E-state index in [-0.39, 0.29) is 11.6 Å². The molecular formula is C22H24F2N4O. The first kappa shape index (κ1) is 20.6. The summed E-state index contributed by atoms with van der Waals surface area (Å²) < 4.78 is 32.4. The third-order valence-electron chi connectivity index (χ3n) is 4.67. The molecule has 0 aliphatic carbocycles. The van der Waals surface area contributed by atoms with Crippen molar-refractivity contribution in [1.82, 2.24) is 15.0 Å². The molecule has 0 amide bonds. The number of hydrogen-bond acceptors (Lipinski definition) is 5. The summed E-state index contributed by atoms with van der Waals surface area (Å²) >= 11 is 0. The average Bonchev–Trinajstić information content (AvgIpc) is 2.67. The van der Waals surface area contributed by atoms with Crippen molar-refractivity contribution in [2.75, 3.05) is 5.32 Å². The van der Waals surface area contributed by atoms with Gasteiger partial charge in [0, 0.05) is 23.5 Å². The molecule has 0 spiro atoms. The number of halogens is 2. The van der Waals surface area contributed by atoms with E-state index in [1.165, 1.54) is 6.07 Å². The molecule has 0 bridgehead atoms. The van der Waals surface area contributed by atoms with E-state index < -0.39 is 6.43 Å². The SMILES string of the molecule is Cc1cncc(COc2cnc(C)nc2N[C@H](C)c2cccc(C(F)F)c2C)c1. The minimum absolute atomic E-state index is 0.0402. The Morgan fingerprint density at radius 3 is 2.55 bits per heavy atom. The van der Waals surface area contributed by atoms with Gasteiger partial charge in [0.15, 0.2) is 11.6 Å². The molecule has 1 N–H and O–H groups in total. The summed E-state index contributed by atoms with van der Waals surface area (Å²) in [5, 5.41) is 3.29. The number of hydrogen-bond donors (Lipinski definition) is 1. The van der Waals surface area contributed by atoms with E-state index in [0.29, 0.717) is 29.6 Å². The molecule has 5 nitrogen and oxygen atoms in total. The van der Waals surface area contributed by atoms with Crippen LogP contribution in [-0.2, 0) is 6.61 Å². The molecule has 0 saturated carbocycles. The number of benzene rings is 1. The van der Waals surface area contributed by atoms with E-state index in [4.69, 9.17) is 4.74 Å². The maximum Gasteiger partial charge on any atom is 0.264 e. The third kappa shape index (κ3) is 5.04. The topological polar surface area (TPSA) is 59.9 Å². The minimum Gasteiger partial charge on any atom is -0.483 e. The summed E-state index contributed by atoms with van der Waals surface area (Å²) in [5.74, 6) is 1.60. The molecule has 1 aromatic carbocycles. The van der Waals surface area contributed by atoms with E-state index >= 15 is 0 Å². The highest BCUT2D eigenvalue weighted by molar-refractivity contribution is 5.51. The van der Waals surface area contributed by atoms with Crippen molar-refractivity contribution in [2.45, 2.75) is 46.8 Å². The lowest BCUT2D eigenvalue weighted by molar-refractivity contribution is 0.150. The molecule has 0 fully saturated rings. The fraction of sp³-hybridized carbons (Fsp3) is 0.318. The summed E-state index contributed by atoms with van der Waals surface area (Å²) in [4.78, 5) is 12.8. The highest BCUT2D eigenvalue weighted by Gasteiger charge is 2.18. The van der Waals surface area contributed by atoms with E-state index in [0.717, 1.165) is 16.7 Å². The van der Waals surface area contributed by atoms with Crippen LogP contribution >= 0.6 is 0 Å². The van der Waals surface area contributed by atoms with Crippen LogP contribution in [0, 0.1) is 20.8 Å². The Kier molecular flexibility index (Phi) is 6.36. The summed E-state index contributed by atoms with van der Waals surface area (Å²) in [7, 11) is 0. The first-order chi connectivity index (χ1) is 13.8. The number of aryl methyl sites for hydroxylation is 2. The summed E-state index contributed by atoms with van der Waals surface area (Å²) in [6.45, 7) is 7.69. The van der Waals surface area contributed by atoms with Gasteiger partial charge in [-0.2, -0.15) is 0 Å². The first-order valence-corrected chi connectivity index (χ1v) is 9.36. The Balaban J connectivity index is 1.82. The van der Waals surface area contributed by atoms with Crippen molar-refractivity contribution in [1.29, 1.82) is 0 Å². The second kappa shape index (κ2) is 8.94. The Morgan fingerprint density at radius 2 is 1.83 bits per heavy atom. The van der Waals surface area contributed by atoms with Gasteiger partial charge in [0.25, 0.3) is 6.43 Å². The second-order valence-electron chi connectivity index (χ2n) is 7.02. The molecule has 0 aliphatic heterocycles. The van der Waals surface area contributed by atoms with Gasteiger partial charge in [0.05, 0.1) is 12.2 Å². The molecule has 2 heterocycles. The van der Waals surface area contributed by atoms with Crippen molar-refractivity contribution >= 4 is 5.82 Å². The summed E-state index contributed by atoms with van der Waals surface area (Å²) in [6.07, 6.45) is 2.63. The number of nitrogens with zero attached hydrogens (tertiary/aromatic N) is 3. The first-order valence-electron chi connectivity index (χ1n) is 9.36. The zero-order valence-corrected chi connectivity index (χ0v) is 16.9. The van der Waals surface area contributed by atoms with Gasteiger partial charge in [-0.1, -0.05) is 18.2 Å². The lowest BCUT2D eigenvalue weighted by Crippen LogP contribution is -2.13. The van der Waals surface area contributed by atoms with E-state index in [2.05, 4.69) is 20.3 Å². The number of alkyl halides is 2. The standard InChI is InChI=1S/C22H24F2N4O/c1-13-8-17(10-25-9-13)12-29-20-11-26-16(4)28-22(20)27-15(3)18-6-5-7-19(14(18)2)21(23)24/h5-11,15,21H,12H2,1-4H3,(H,26,27,28)/t15-/m1/s1. The zero-order valence-electron chi connectivity index (χ0n) is 16.9. The highest BCUT2D eigenvalue weighted by Crippen LogP contribution is 2.31. The van der Waals surface area contributed by atoms with Gasteiger partial charge in [-0.25, -0.2) is 18.7 Å². The molecule has 0 radical (unpaired) electrons. The van der Waals surface area contributed by atoms with Crippen LogP contribution in [0.5, 0.6) is 5.75 Å². The molecule has 152 valence electrons. The van der Waals surface area contributed by atoms with Crippen molar-refractivity contribution < 1.29 is 13.5 Å². The molecule has 0 saturated heterocycles. The van der Waals surface area contributed by atoms with Gasteiger partial charge in [-0.3, -0.25) is 4.98 Å². The van der Waals surface area contributed by atoms with Crippen molar-refractivity contribution in [3.8, 4) is 5.75 Å². The van der Waals surface area contributed by atoms with E-state index in [1.54, 1.807) is 38.5 Å². The maximum absolute atomic E-state index is 13.2. The van der Waals surface area contributed by atoms with Crippen molar-refractivity contribution in [3.63, 3.8) is 0 Å². The van der Waals surface area contributed by atoms with Gasteiger partial charge >= 0.3 is 0 Å². The number of pyridine rings is 1. The normalized spacial score (nSPS) is 12.1. The number of aromatic nitrogens is 3. The minimum atomic E-state index is -2.51. The fourth-order valence-electron chi connectivity index (χ4n) is 3.19. The van der Waals surface area contributed by atoms with Gasteiger partial charge in [-0.15, -0.1) is 0 Å². The second-order valence-corrected chi connectivity index (χ2v) is 7.02. The van der Waals surface area contributed by atoms with Gasteiger partial charge in [0.1, 0.15) is 12.4 Å². The number of ether oxygens (including phenoxy) is 1. The van der Waals surface area contributed by atoms with Crippen LogP contribution in [0.25, 0.3) is 0 Å². The molecule has 29 heavy (non-hydrogen) atoms. The van der Waals surface area contributed by atoms with Crippen LogP contribution in [-0.4, -0.2) is 15.0 Å². The highest BCUT2D eigenvalue weighted by atomic mass is 19.3. The molecule has 3 rings (SSSR count). The number of rotatable bonds is 7. The maximum atomic E-state index is 13.2. The van der Waals surface area contributed by atoms with Crippen LogP contribution in [0.4, 0.5) is 14.6 Å². The predicted octanol–water partition coefficient (Wildman–Crippen LogP) is 5.49. The third-order valence-corrected chi connectivity index (χ3v) is 4.67. The van der Waals surface area contributed by atoms with Crippen LogP contribution < -0.4 is 10.1 Å². The van der Waals surface area contributed by atoms with Crippen LogP contribution in [0.3, 0.4) is 0 Å². The summed E-state index contributed by atoms with van der Waals surface area (Å²) in [6, 6.07) is 6.69. The van der Waals surface area contributed by atoms with Crippen molar-refractivity contribution in [3.05, 3.63) is 76.5 Å². The Bertz CT molecular complexity index is 994. The average molecular weight is 398 g/mol.